The number of aryl methyl sites for hydroxylation is 2. The van der Waals surface area contributed by atoms with Crippen LogP contribution in [0.25, 0.3) is 21.8 Å². The molecule has 0 radical (unpaired) electrons. The maximum atomic E-state index is 3.76. The summed E-state index contributed by atoms with van der Waals surface area (Å²) in [5, 5.41) is 2.82. The van der Waals surface area contributed by atoms with Gasteiger partial charge in [-0.05, 0) is 67.3 Å². The third-order valence-corrected chi connectivity index (χ3v) is 5.48. The average Bonchev–Trinajstić information content (AvgIpc) is 3.01. The second-order valence-corrected chi connectivity index (χ2v) is 7.40. The van der Waals surface area contributed by atoms with Gasteiger partial charge in [-0.3, -0.25) is 0 Å². The fraction of sp³-hybridized carbons (Fsp3) is 0.500. The van der Waals surface area contributed by atoms with Gasteiger partial charge in [-0.25, -0.2) is 0 Å². The fourth-order valence-corrected chi connectivity index (χ4v) is 4.04. The van der Waals surface area contributed by atoms with Crippen LogP contribution in [0.2, 0.25) is 0 Å². The minimum absolute atomic E-state index is 1.21. The maximum absolute atomic E-state index is 3.76. The van der Waals surface area contributed by atoms with Crippen LogP contribution in [-0.4, -0.2) is 4.98 Å². The van der Waals surface area contributed by atoms with Gasteiger partial charge in [0.1, 0.15) is 0 Å². The highest BCUT2D eigenvalue weighted by molar-refractivity contribution is 6.08. The number of hydrogen-bond donors (Lipinski definition) is 1. The summed E-state index contributed by atoms with van der Waals surface area (Å²) < 4.78 is 0. The van der Waals surface area contributed by atoms with E-state index < -0.39 is 0 Å². The number of aromatic amines is 1. The van der Waals surface area contributed by atoms with Gasteiger partial charge in [0.2, 0.25) is 0 Å². The Balaban J connectivity index is 2.22. The largest absolute Gasteiger partial charge is 0.354 e. The molecule has 1 heterocycles. The second-order valence-electron chi connectivity index (χ2n) is 7.40. The summed E-state index contributed by atoms with van der Waals surface area (Å²) in [4.78, 5) is 3.76. The highest BCUT2D eigenvalue weighted by Gasteiger charge is 2.16. The average molecular weight is 336 g/mol. The van der Waals surface area contributed by atoms with E-state index in [2.05, 4.69) is 56.1 Å². The number of nitrogens with one attached hydrogen (secondary N) is 1. The quantitative estimate of drug-likeness (QED) is 0.421. The number of benzene rings is 2. The van der Waals surface area contributed by atoms with Gasteiger partial charge in [0, 0.05) is 21.8 Å². The second kappa shape index (κ2) is 8.56. The highest BCUT2D eigenvalue weighted by Crippen LogP contribution is 2.34. The molecule has 0 amide bonds. The van der Waals surface area contributed by atoms with E-state index in [1.54, 1.807) is 16.7 Å². The summed E-state index contributed by atoms with van der Waals surface area (Å²) in [6.07, 6.45) is 11.3. The van der Waals surface area contributed by atoms with Gasteiger partial charge in [-0.15, -0.1) is 0 Å². The summed E-state index contributed by atoms with van der Waals surface area (Å²) in [6, 6.07) is 11.3. The van der Waals surface area contributed by atoms with Crippen molar-refractivity contribution in [2.75, 3.05) is 0 Å². The van der Waals surface area contributed by atoms with E-state index in [0.717, 1.165) is 0 Å². The predicted molar refractivity (Wildman–Crippen MR) is 112 cm³/mol. The normalized spacial score (nSPS) is 11.6. The molecule has 0 aliphatic carbocycles. The first kappa shape index (κ1) is 18.0. The SMILES string of the molecule is CCCCc1cc2c([nH]c3ccccc32)c(CCCC)c1CCCC. The molecule has 0 saturated carbocycles. The van der Waals surface area contributed by atoms with Crippen molar-refractivity contribution in [1.29, 1.82) is 0 Å². The zero-order valence-corrected chi connectivity index (χ0v) is 16.3. The summed E-state index contributed by atoms with van der Waals surface area (Å²) in [5.74, 6) is 0. The van der Waals surface area contributed by atoms with Crippen molar-refractivity contribution >= 4 is 21.8 Å². The Hall–Kier alpha value is -1.76. The van der Waals surface area contributed by atoms with Crippen molar-refractivity contribution in [1.82, 2.24) is 4.98 Å². The van der Waals surface area contributed by atoms with Crippen molar-refractivity contribution in [2.45, 2.75) is 78.6 Å². The van der Waals surface area contributed by atoms with Crippen molar-refractivity contribution in [3.63, 3.8) is 0 Å². The third kappa shape index (κ3) is 3.76. The van der Waals surface area contributed by atoms with Crippen LogP contribution in [0.1, 0.15) is 76.0 Å². The molecule has 25 heavy (non-hydrogen) atoms. The molecule has 1 nitrogen and oxygen atoms in total. The molecule has 1 heteroatoms. The molecule has 3 rings (SSSR count). The number of hydrogen-bond acceptors (Lipinski definition) is 0. The molecule has 0 saturated heterocycles. The highest BCUT2D eigenvalue weighted by atomic mass is 14.7. The van der Waals surface area contributed by atoms with E-state index in [0.29, 0.717) is 0 Å². The Bertz CT molecular complexity index is 825. The van der Waals surface area contributed by atoms with Crippen molar-refractivity contribution in [2.24, 2.45) is 0 Å². The Labute approximate surface area is 152 Å². The fourth-order valence-electron chi connectivity index (χ4n) is 4.04. The Morgan fingerprint density at radius 3 is 2.08 bits per heavy atom. The first-order chi connectivity index (χ1) is 12.3. The minimum atomic E-state index is 1.21. The van der Waals surface area contributed by atoms with Crippen LogP contribution in [0.3, 0.4) is 0 Å². The first-order valence-electron chi connectivity index (χ1n) is 10.3. The van der Waals surface area contributed by atoms with Crippen molar-refractivity contribution in [3.05, 3.63) is 47.0 Å². The molecule has 1 aromatic heterocycles. The van der Waals surface area contributed by atoms with E-state index in [1.807, 2.05) is 0 Å². The summed E-state index contributed by atoms with van der Waals surface area (Å²) in [7, 11) is 0. The molecule has 0 aliphatic heterocycles. The lowest BCUT2D eigenvalue weighted by Crippen LogP contribution is -2.03. The number of fused-ring (bicyclic) bond motifs is 3. The molecule has 0 spiro atoms. The predicted octanol–water partition coefficient (Wildman–Crippen LogP) is 7.35. The van der Waals surface area contributed by atoms with Gasteiger partial charge in [0.15, 0.2) is 0 Å². The van der Waals surface area contributed by atoms with E-state index in [9.17, 15) is 0 Å². The molecule has 134 valence electrons. The van der Waals surface area contributed by atoms with Crippen LogP contribution < -0.4 is 0 Å². The van der Waals surface area contributed by atoms with Crippen LogP contribution in [-0.2, 0) is 19.3 Å². The monoisotopic (exact) mass is 335 g/mol. The Kier molecular flexibility index (Phi) is 6.18. The molecule has 0 fully saturated rings. The van der Waals surface area contributed by atoms with Gasteiger partial charge < -0.3 is 4.98 Å². The summed E-state index contributed by atoms with van der Waals surface area (Å²) >= 11 is 0. The molecule has 0 bridgehead atoms. The lowest BCUT2D eigenvalue weighted by atomic mass is 9.88. The lowest BCUT2D eigenvalue weighted by molar-refractivity contribution is 0.738. The van der Waals surface area contributed by atoms with Gasteiger partial charge in [0.05, 0.1) is 0 Å². The number of para-hydroxylation sites is 1. The minimum Gasteiger partial charge on any atom is -0.354 e. The van der Waals surface area contributed by atoms with Gasteiger partial charge in [0.25, 0.3) is 0 Å². The molecular formula is C24H33N. The van der Waals surface area contributed by atoms with Crippen LogP contribution >= 0.6 is 0 Å². The van der Waals surface area contributed by atoms with E-state index >= 15 is 0 Å². The third-order valence-electron chi connectivity index (χ3n) is 5.48. The number of H-pyrrole nitrogens is 1. The van der Waals surface area contributed by atoms with Crippen molar-refractivity contribution in [3.8, 4) is 0 Å². The zero-order valence-electron chi connectivity index (χ0n) is 16.3. The smallest absolute Gasteiger partial charge is 0.0500 e. The van der Waals surface area contributed by atoms with Crippen LogP contribution in [0.5, 0.6) is 0 Å². The molecule has 0 aliphatic rings. The summed E-state index contributed by atoms with van der Waals surface area (Å²) in [6.45, 7) is 6.90. The van der Waals surface area contributed by atoms with Crippen molar-refractivity contribution < 1.29 is 0 Å². The summed E-state index contributed by atoms with van der Waals surface area (Å²) in [5.41, 5.74) is 7.56. The standard InChI is InChI=1S/C24H33N/c1-4-7-12-18-17-22-20-15-10-11-16-23(20)25-24(22)21(14-9-6-3)19(18)13-8-5-2/h10-11,15-17,25H,4-9,12-14H2,1-3H3. The topological polar surface area (TPSA) is 15.8 Å². The number of rotatable bonds is 9. The van der Waals surface area contributed by atoms with Gasteiger partial charge in [-0.1, -0.05) is 58.2 Å². The molecule has 1 N–H and O–H groups in total. The number of aromatic nitrogens is 1. The van der Waals surface area contributed by atoms with E-state index in [4.69, 9.17) is 0 Å². The van der Waals surface area contributed by atoms with Gasteiger partial charge >= 0.3 is 0 Å². The van der Waals surface area contributed by atoms with Crippen LogP contribution in [0.4, 0.5) is 0 Å². The zero-order chi connectivity index (χ0) is 17.6. The van der Waals surface area contributed by atoms with Crippen LogP contribution in [0.15, 0.2) is 30.3 Å². The molecule has 3 aromatic rings. The van der Waals surface area contributed by atoms with E-state index in [1.165, 1.54) is 79.6 Å². The van der Waals surface area contributed by atoms with Crippen LogP contribution in [0, 0.1) is 0 Å². The molecule has 0 unspecified atom stereocenters. The van der Waals surface area contributed by atoms with Gasteiger partial charge in [-0.2, -0.15) is 0 Å². The number of unbranched alkanes of at least 4 members (excludes halogenated alkanes) is 3. The van der Waals surface area contributed by atoms with E-state index in [-0.39, 0.29) is 0 Å². The lowest BCUT2D eigenvalue weighted by Gasteiger charge is -2.17. The molecule has 0 atom stereocenters. The maximum Gasteiger partial charge on any atom is 0.0500 e. The molecule has 2 aromatic carbocycles. The Morgan fingerprint density at radius 2 is 1.36 bits per heavy atom. The first-order valence-corrected chi connectivity index (χ1v) is 10.3. The Morgan fingerprint density at radius 1 is 0.720 bits per heavy atom. The molecular weight excluding hydrogens is 302 g/mol.